The maximum Gasteiger partial charge on any atom is 0.253 e. The van der Waals surface area contributed by atoms with Crippen molar-refractivity contribution < 1.29 is 9.59 Å². The molecule has 5 nitrogen and oxygen atoms in total. The molecule has 104 valence electrons. The van der Waals surface area contributed by atoms with Gasteiger partial charge in [-0.15, -0.1) is 0 Å². The normalized spacial score (nSPS) is 10.3. The minimum absolute atomic E-state index is 0.0427. The molecule has 0 aliphatic rings. The van der Waals surface area contributed by atoms with E-state index in [1.54, 1.807) is 12.1 Å². The Bertz CT molecular complexity index is 470. The van der Waals surface area contributed by atoms with Gasteiger partial charge in [0.25, 0.3) is 5.91 Å². The molecular formula is C14H21N3O2. The fourth-order valence-electron chi connectivity index (χ4n) is 1.51. The van der Waals surface area contributed by atoms with Gasteiger partial charge in [0.1, 0.15) is 0 Å². The fourth-order valence-corrected chi connectivity index (χ4v) is 1.51. The SMILES string of the molecule is Cc1cccc(C(=O)NCC(=O)NCC(C)C)c1N. The molecule has 0 fully saturated rings. The van der Waals surface area contributed by atoms with Crippen LogP contribution >= 0.6 is 0 Å². The zero-order valence-corrected chi connectivity index (χ0v) is 11.6. The quantitative estimate of drug-likeness (QED) is 0.695. The number of amides is 2. The summed E-state index contributed by atoms with van der Waals surface area (Å²) in [5.41, 5.74) is 7.52. The second-order valence-electron chi connectivity index (χ2n) is 4.92. The average Bonchev–Trinajstić information content (AvgIpc) is 2.36. The number of nitrogens with one attached hydrogen (secondary N) is 2. The standard InChI is InChI=1S/C14H21N3O2/c1-9(2)7-16-12(18)8-17-14(19)11-6-4-5-10(3)13(11)15/h4-6,9H,7-8,15H2,1-3H3,(H,16,18)(H,17,19). The lowest BCUT2D eigenvalue weighted by atomic mass is 10.1. The van der Waals surface area contributed by atoms with Crippen molar-refractivity contribution in [2.45, 2.75) is 20.8 Å². The molecule has 0 saturated heterocycles. The molecular weight excluding hydrogens is 242 g/mol. The Balaban J connectivity index is 2.52. The van der Waals surface area contributed by atoms with E-state index in [0.29, 0.717) is 23.7 Å². The Morgan fingerprint density at radius 3 is 2.58 bits per heavy atom. The number of carbonyl (C=O) groups is 2. The van der Waals surface area contributed by atoms with E-state index >= 15 is 0 Å². The molecule has 0 atom stereocenters. The molecule has 4 N–H and O–H groups in total. The molecule has 0 bridgehead atoms. The summed E-state index contributed by atoms with van der Waals surface area (Å²) in [6.45, 7) is 6.40. The first-order chi connectivity index (χ1) is 8.91. The highest BCUT2D eigenvalue weighted by Crippen LogP contribution is 2.15. The second-order valence-corrected chi connectivity index (χ2v) is 4.92. The molecule has 0 radical (unpaired) electrons. The molecule has 19 heavy (non-hydrogen) atoms. The third-order valence-electron chi connectivity index (χ3n) is 2.69. The van der Waals surface area contributed by atoms with Crippen LogP contribution in [0.15, 0.2) is 18.2 Å². The van der Waals surface area contributed by atoms with Crippen LogP contribution in [0.1, 0.15) is 29.8 Å². The Labute approximate surface area is 113 Å². The van der Waals surface area contributed by atoms with Crippen molar-refractivity contribution in [1.82, 2.24) is 10.6 Å². The summed E-state index contributed by atoms with van der Waals surface area (Å²) in [5, 5.41) is 5.29. The number of nitrogens with two attached hydrogens (primary N) is 1. The predicted molar refractivity (Wildman–Crippen MR) is 75.8 cm³/mol. The molecule has 5 heteroatoms. The third kappa shape index (κ3) is 4.62. The van der Waals surface area contributed by atoms with E-state index in [4.69, 9.17) is 5.73 Å². The molecule has 1 aromatic carbocycles. The first kappa shape index (κ1) is 15.0. The number of nitrogen functional groups attached to an aromatic ring is 1. The van der Waals surface area contributed by atoms with E-state index in [2.05, 4.69) is 10.6 Å². The summed E-state index contributed by atoms with van der Waals surface area (Å²) in [7, 11) is 0. The predicted octanol–water partition coefficient (Wildman–Crippen LogP) is 1.08. The van der Waals surface area contributed by atoms with Crippen LogP contribution in [0.3, 0.4) is 0 Å². The van der Waals surface area contributed by atoms with Crippen LogP contribution in [0, 0.1) is 12.8 Å². The summed E-state index contributed by atoms with van der Waals surface area (Å²) >= 11 is 0. The Morgan fingerprint density at radius 1 is 1.26 bits per heavy atom. The molecule has 2 amide bonds. The van der Waals surface area contributed by atoms with Crippen molar-refractivity contribution in [2.75, 3.05) is 18.8 Å². The van der Waals surface area contributed by atoms with Gasteiger partial charge >= 0.3 is 0 Å². The molecule has 0 saturated carbocycles. The molecule has 0 aromatic heterocycles. The van der Waals surface area contributed by atoms with Crippen LogP contribution in [0.25, 0.3) is 0 Å². The molecule has 0 spiro atoms. The van der Waals surface area contributed by atoms with Gasteiger partial charge in [-0.1, -0.05) is 26.0 Å². The zero-order chi connectivity index (χ0) is 14.4. The van der Waals surface area contributed by atoms with Crippen molar-refractivity contribution in [3.05, 3.63) is 29.3 Å². The van der Waals surface area contributed by atoms with Crippen LogP contribution in [0.4, 0.5) is 5.69 Å². The topological polar surface area (TPSA) is 84.2 Å². The van der Waals surface area contributed by atoms with E-state index in [0.717, 1.165) is 5.56 Å². The Morgan fingerprint density at radius 2 is 1.95 bits per heavy atom. The number of rotatable bonds is 5. The largest absolute Gasteiger partial charge is 0.398 e. The van der Waals surface area contributed by atoms with E-state index < -0.39 is 0 Å². The molecule has 0 unspecified atom stereocenters. The van der Waals surface area contributed by atoms with Gasteiger partial charge in [0.05, 0.1) is 12.1 Å². The summed E-state index contributed by atoms with van der Waals surface area (Å²) < 4.78 is 0. The Hall–Kier alpha value is -2.04. The highest BCUT2D eigenvalue weighted by molar-refractivity contribution is 6.01. The van der Waals surface area contributed by atoms with Gasteiger partial charge in [0.2, 0.25) is 5.91 Å². The average molecular weight is 263 g/mol. The van der Waals surface area contributed by atoms with E-state index in [9.17, 15) is 9.59 Å². The van der Waals surface area contributed by atoms with Gasteiger partial charge in [-0.05, 0) is 24.5 Å². The summed E-state index contributed by atoms with van der Waals surface area (Å²) in [5.74, 6) is -0.152. The van der Waals surface area contributed by atoms with Crippen molar-refractivity contribution in [1.29, 1.82) is 0 Å². The van der Waals surface area contributed by atoms with Gasteiger partial charge in [0.15, 0.2) is 0 Å². The number of carbonyl (C=O) groups excluding carboxylic acids is 2. The van der Waals surface area contributed by atoms with Crippen molar-refractivity contribution in [2.24, 2.45) is 5.92 Å². The highest BCUT2D eigenvalue weighted by atomic mass is 16.2. The smallest absolute Gasteiger partial charge is 0.253 e. The molecule has 0 aliphatic heterocycles. The van der Waals surface area contributed by atoms with Crippen molar-refractivity contribution in [3.63, 3.8) is 0 Å². The Kier molecular flexibility index (Phi) is 5.36. The summed E-state index contributed by atoms with van der Waals surface area (Å²) in [6.07, 6.45) is 0. The van der Waals surface area contributed by atoms with Gasteiger partial charge in [-0.25, -0.2) is 0 Å². The van der Waals surface area contributed by atoms with Gasteiger partial charge in [-0.3, -0.25) is 9.59 Å². The summed E-state index contributed by atoms with van der Waals surface area (Å²) in [4.78, 5) is 23.4. The van der Waals surface area contributed by atoms with Crippen molar-refractivity contribution in [3.8, 4) is 0 Å². The molecule has 1 aromatic rings. The van der Waals surface area contributed by atoms with E-state index in [1.165, 1.54) is 0 Å². The lowest BCUT2D eigenvalue weighted by molar-refractivity contribution is -0.120. The van der Waals surface area contributed by atoms with E-state index in [-0.39, 0.29) is 18.4 Å². The molecule has 0 aliphatic carbocycles. The maximum atomic E-state index is 11.9. The zero-order valence-electron chi connectivity index (χ0n) is 11.6. The molecule has 1 rings (SSSR count). The lowest BCUT2D eigenvalue weighted by Crippen LogP contribution is -2.38. The van der Waals surface area contributed by atoms with Crippen LogP contribution in [-0.4, -0.2) is 24.9 Å². The summed E-state index contributed by atoms with van der Waals surface area (Å²) in [6, 6.07) is 5.24. The fraction of sp³-hybridized carbons (Fsp3) is 0.429. The van der Waals surface area contributed by atoms with Crippen molar-refractivity contribution >= 4 is 17.5 Å². The van der Waals surface area contributed by atoms with Crippen LogP contribution in [0.2, 0.25) is 0 Å². The first-order valence-electron chi connectivity index (χ1n) is 6.31. The maximum absolute atomic E-state index is 11.9. The highest BCUT2D eigenvalue weighted by Gasteiger charge is 2.12. The second kappa shape index (κ2) is 6.78. The monoisotopic (exact) mass is 263 g/mol. The number of anilines is 1. The number of aryl methyl sites for hydroxylation is 1. The third-order valence-corrected chi connectivity index (χ3v) is 2.69. The number of hydrogen-bond donors (Lipinski definition) is 3. The minimum Gasteiger partial charge on any atom is -0.398 e. The lowest BCUT2D eigenvalue weighted by Gasteiger charge is -2.10. The number of hydrogen-bond acceptors (Lipinski definition) is 3. The van der Waals surface area contributed by atoms with Gasteiger partial charge in [0, 0.05) is 12.2 Å². The minimum atomic E-state index is -0.333. The molecule has 0 heterocycles. The van der Waals surface area contributed by atoms with E-state index in [1.807, 2.05) is 26.8 Å². The van der Waals surface area contributed by atoms with Crippen LogP contribution < -0.4 is 16.4 Å². The van der Waals surface area contributed by atoms with Crippen LogP contribution in [-0.2, 0) is 4.79 Å². The van der Waals surface area contributed by atoms with Gasteiger partial charge in [-0.2, -0.15) is 0 Å². The number of para-hydroxylation sites is 1. The first-order valence-corrected chi connectivity index (χ1v) is 6.31. The number of benzene rings is 1. The van der Waals surface area contributed by atoms with Gasteiger partial charge < -0.3 is 16.4 Å². The van der Waals surface area contributed by atoms with Crippen LogP contribution in [0.5, 0.6) is 0 Å².